The van der Waals surface area contributed by atoms with Crippen molar-refractivity contribution in [2.24, 2.45) is 7.05 Å². The van der Waals surface area contributed by atoms with Crippen molar-refractivity contribution >= 4 is 0 Å². The summed E-state index contributed by atoms with van der Waals surface area (Å²) in [4.78, 5) is 12.7. The van der Waals surface area contributed by atoms with Gasteiger partial charge in [0.1, 0.15) is 0 Å². The first kappa shape index (κ1) is 15.5. The molecule has 2 rings (SSSR count). The van der Waals surface area contributed by atoms with Gasteiger partial charge < -0.3 is 4.57 Å². The molecule has 0 bridgehead atoms. The maximum absolute atomic E-state index is 12.7. The molecule has 114 valence electrons. The van der Waals surface area contributed by atoms with E-state index < -0.39 is 0 Å². The Bertz CT molecular complexity index is 695. The van der Waals surface area contributed by atoms with Crippen LogP contribution in [-0.2, 0) is 17.9 Å². The third kappa shape index (κ3) is 2.80. The van der Waals surface area contributed by atoms with Crippen LogP contribution in [0.3, 0.4) is 0 Å². The molecule has 0 amide bonds. The predicted octanol–water partition coefficient (Wildman–Crippen LogP) is 3.37. The van der Waals surface area contributed by atoms with Crippen molar-refractivity contribution in [1.29, 1.82) is 0 Å². The lowest BCUT2D eigenvalue weighted by Crippen LogP contribution is -2.35. The molecular formula is C17H25N3O. The normalized spacial score (nSPS) is 12.7. The third-order valence-corrected chi connectivity index (χ3v) is 3.67. The van der Waals surface area contributed by atoms with E-state index in [1.54, 1.807) is 10.8 Å². The minimum Gasteiger partial charge on any atom is -0.318 e. The Morgan fingerprint density at radius 1 is 1.05 bits per heavy atom. The van der Waals surface area contributed by atoms with Gasteiger partial charge in [0, 0.05) is 30.6 Å². The summed E-state index contributed by atoms with van der Waals surface area (Å²) >= 11 is 0. The van der Waals surface area contributed by atoms with Gasteiger partial charge in [0.2, 0.25) is 0 Å². The minimum absolute atomic E-state index is 0.0793. The standard InChI is InChI=1S/C17H25N3O/c1-16(2,3)13-11(12-8-9-18-19-12)10-20(7)15(21)14(13)17(4,5)6/h8-10H,1-7H3,(H,18,19). The second-order valence-electron chi connectivity index (χ2n) is 7.68. The number of pyridine rings is 1. The number of rotatable bonds is 1. The number of hydrogen-bond donors (Lipinski definition) is 1. The molecule has 0 aliphatic carbocycles. The number of aryl methyl sites for hydroxylation is 1. The van der Waals surface area contributed by atoms with Gasteiger partial charge in [0.05, 0.1) is 5.69 Å². The summed E-state index contributed by atoms with van der Waals surface area (Å²) in [6, 6.07) is 1.95. The van der Waals surface area contributed by atoms with Crippen LogP contribution in [0.1, 0.15) is 52.7 Å². The predicted molar refractivity (Wildman–Crippen MR) is 86.7 cm³/mol. The molecule has 0 aromatic carbocycles. The highest BCUT2D eigenvalue weighted by molar-refractivity contribution is 5.66. The van der Waals surface area contributed by atoms with Gasteiger partial charge in [-0.05, 0) is 22.5 Å². The number of hydrogen-bond acceptors (Lipinski definition) is 2. The Labute approximate surface area is 126 Å². The Morgan fingerprint density at radius 2 is 1.62 bits per heavy atom. The van der Waals surface area contributed by atoms with Crippen molar-refractivity contribution in [3.8, 4) is 11.3 Å². The second kappa shape index (κ2) is 4.86. The monoisotopic (exact) mass is 287 g/mol. The van der Waals surface area contributed by atoms with Crippen LogP contribution in [-0.4, -0.2) is 14.8 Å². The Balaban J connectivity index is 2.97. The molecule has 0 atom stereocenters. The van der Waals surface area contributed by atoms with Crippen molar-refractivity contribution in [2.75, 3.05) is 0 Å². The quantitative estimate of drug-likeness (QED) is 0.874. The number of H-pyrrole nitrogens is 1. The molecular weight excluding hydrogens is 262 g/mol. The summed E-state index contributed by atoms with van der Waals surface area (Å²) in [5, 5.41) is 7.08. The lowest BCUT2D eigenvalue weighted by Gasteiger charge is -2.31. The van der Waals surface area contributed by atoms with Crippen molar-refractivity contribution in [1.82, 2.24) is 14.8 Å². The Kier molecular flexibility index (Phi) is 3.60. The van der Waals surface area contributed by atoms with Gasteiger partial charge in [-0.2, -0.15) is 5.10 Å². The van der Waals surface area contributed by atoms with Gasteiger partial charge in [-0.15, -0.1) is 0 Å². The van der Waals surface area contributed by atoms with Crippen LogP contribution >= 0.6 is 0 Å². The topological polar surface area (TPSA) is 50.7 Å². The van der Waals surface area contributed by atoms with Gasteiger partial charge in [-0.25, -0.2) is 0 Å². The SMILES string of the molecule is Cn1cc(-c2ccn[nH]2)c(C(C)(C)C)c(C(C)(C)C)c1=O. The van der Waals surface area contributed by atoms with Crippen LogP contribution < -0.4 is 5.56 Å². The smallest absolute Gasteiger partial charge is 0.254 e. The number of nitrogens with zero attached hydrogens (tertiary/aromatic N) is 2. The molecule has 2 aromatic heterocycles. The maximum Gasteiger partial charge on any atom is 0.254 e. The molecule has 1 N–H and O–H groups in total. The molecule has 2 heterocycles. The highest BCUT2D eigenvalue weighted by Gasteiger charge is 2.31. The van der Waals surface area contributed by atoms with Crippen LogP contribution in [0.2, 0.25) is 0 Å². The van der Waals surface area contributed by atoms with Crippen molar-refractivity contribution < 1.29 is 0 Å². The summed E-state index contributed by atoms with van der Waals surface area (Å²) in [5.74, 6) is 0. The van der Waals surface area contributed by atoms with Crippen LogP contribution in [0, 0.1) is 0 Å². The fourth-order valence-electron chi connectivity index (χ4n) is 2.82. The van der Waals surface area contributed by atoms with E-state index in [0.717, 1.165) is 22.4 Å². The average Bonchev–Trinajstić information content (AvgIpc) is 2.82. The minimum atomic E-state index is -0.215. The number of nitrogens with one attached hydrogen (secondary N) is 1. The molecule has 0 saturated carbocycles. The largest absolute Gasteiger partial charge is 0.318 e. The van der Waals surface area contributed by atoms with E-state index in [1.807, 2.05) is 19.3 Å². The average molecular weight is 287 g/mol. The van der Waals surface area contributed by atoms with E-state index in [2.05, 4.69) is 51.7 Å². The van der Waals surface area contributed by atoms with E-state index in [4.69, 9.17) is 0 Å². The van der Waals surface area contributed by atoms with E-state index in [1.165, 1.54) is 0 Å². The lowest BCUT2D eigenvalue weighted by atomic mass is 9.73. The maximum atomic E-state index is 12.7. The molecule has 0 unspecified atom stereocenters. The lowest BCUT2D eigenvalue weighted by molar-refractivity contribution is 0.518. The zero-order valence-electron chi connectivity index (χ0n) is 14.0. The molecule has 0 aliphatic rings. The summed E-state index contributed by atoms with van der Waals surface area (Å²) in [5.41, 5.74) is 3.71. The number of aromatic nitrogens is 3. The van der Waals surface area contributed by atoms with E-state index >= 15 is 0 Å². The van der Waals surface area contributed by atoms with E-state index in [9.17, 15) is 4.79 Å². The van der Waals surface area contributed by atoms with Crippen LogP contribution in [0.4, 0.5) is 0 Å². The zero-order valence-corrected chi connectivity index (χ0v) is 14.0. The molecule has 0 spiro atoms. The number of aromatic amines is 1. The van der Waals surface area contributed by atoms with Crippen molar-refractivity contribution in [2.45, 2.75) is 52.4 Å². The summed E-state index contributed by atoms with van der Waals surface area (Å²) < 4.78 is 1.67. The van der Waals surface area contributed by atoms with E-state index in [0.29, 0.717) is 0 Å². The Morgan fingerprint density at radius 3 is 2.05 bits per heavy atom. The molecule has 0 radical (unpaired) electrons. The van der Waals surface area contributed by atoms with Gasteiger partial charge in [0.25, 0.3) is 5.56 Å². The van der Waals surface area contributed by atoms with Crippen molar-refractivity contribution in [3.05, 3.63) is 39.9 Å². The summed E-state index contributed by atoms with van der Waals surface area (Å²) in [6.07, 6.45) is 3.65. The molecule has 2 aromatic rings. The molecule has 4 nitrogen and oxygen atoms in total. The van der Waals surface area contributed by atoms with Gasteiger partial charge >= 0.3 is 0 Å². The Hall–Kier alpha value is -1.84. The summed E-state index contributed by atoms with van der Waals surface area (Å²) in [7, 11) is 1.81. The molecule has 0 aliphatic heterocycles. The molecule has 0 fully saturated rings. The second-order valence-corrected chi connectivity index (χ2v) is 7.68. The van der Waals surface area contributed by atoms with Gasteiger partial charge in [0.15, 0.2) is 0 Å². The summed E-state index contributed by atoms with van der Waals surface area (Å²) in [6.45, 7) is 12.7. The molecule has 0 saturated heterocycles. The van der Waals surface area contributed by atoms with Gasteiger partial charge in [-0.3, -0.25) is 9.89 Å². The highest BCUT2D eigenvalue weighted by Crippen LogP contribution is 2.37. The van der Waals surface area contributed by atoms with Crippen molar-refractivity contribution in [3.63, 3.8) is 0 Å². The van der Waals surface area contributed by atoms with E-state index in [-0.39, 0.29) is 16.4 Å². The highest BCUT2D eigenvalue weighted by atomic mass is 16.1. The first-order chi connectivity index (χ1) is 9.53. The first-order valence-corrected chi connectivity index (χ1v) is 7.28. The van der Waals surface area contributed by atoms with Crippen LogP contribution in [0.15, 0.2) is 23.3 Å². The molecule has 4 heteroatoms. The zero-order chi connectivity index (χ0) is 16.0. The van der Waals surface area contributed by atoms with Gasteiger partial charge in [-0.1, -0.05) is 41.5 Å². The fourth-order valence-corrected chi connectivity index (χ4v) is 2.82. The van der Waals surface area contributed by atoms with Crippen LogP contribution in [0.5, 0.6) is 0 Å². The van der Waals surface area contributed by atoms with Crippen LogP contribution in [0.25, 0.3) is 11.3 Å². The molecule has 21 heavy (non-hydrogen) atoms. The fraction of sp³-hybridized carbons (Fsp3) is 0.529. The third-order valence-electron chi connectivity index (χ3n) is 3.67. The first-order valence-electron chi connectivity index (χ1n) is 7.28.